The van der Waals surface area contributed by atoms with Gasteiger partial charge in [0.05, 0.1) is 0 Å². The number of nitrogens with one attached hydrogen (secondary N) is 1. The van der Waals surface area contributed by atoms with Gasteiger partial charge in [-0.2, -0.15) is 0 Å². The second kappa shape index (κ2) is 7.08. The molecule has 1 saturated carbocycles. The van der Waals surface area contributed by atoms with Crippen LogP contribution in [-0.2, 0) is 11.2 Å². The van der Waals surface area contributed by atoms with Crippen LogP contribution in [0, 0.1) is 0 Å². The van der Waals surface area contributed by atoms with Crippen molar-refractivity contribution >= 4 is 5.91 Å². The molecule has 3 heteroatoms. The van der Waals surface area contributed by atoms with Crippen LogP contribution in [0.25, 0.3) is 0 Å². The minimum Gasteiger partial charge on any atom is -0.349 e. The average Bonchev–Trinajstić information content (AvgIpc) is 2.87. The molecule has 1 aliphatic rings. The Balaban J connectivity index is 2.00. The van der Waals surface area contributed by atoms with Crippen LogP contribution in [0.4, 0.5) is 0 Å². The van der Waals surface area contributed by atoms with Crippen LogP contribution in [-0.4, -0.2) is 36.5 Å². The van der Waals surface area contributed by atoms with Gasteiger partial charge in [0.25, 0.3) is 0 Å². The molecule has 1 fully saturated rings. The van der Waals surface area contributed by atoms with Gasteiger partial charge in [-0.3, -0.25) is 4.79 Å². The zero-order chi connectivity index (χ0) is 15.3. The van der Waals surface area contributed by atoms with Crippen LogP contribution >= 0.6 is 0 Å². The first-order valence-electron chi connectivity index (χ1n) is 8.02. The third-order valence-electron chi connectivity index (χ3n) is 4.48. The molecule has 21 heavy (non-hydrogen) atoms. The standard InChI is InChI=1S/C18H28N2O/c1-15(13-17(21)20(2)3)19-18(11-7-8-12-18)14-16-9-5-4-6-10-16/h4-6,9-10,15,19H,7-8,11-14H2,1-3H3. The van der Waals surface area contributed by atoms with Gasteiger partial charge in [-0.1, -0.05) is 43.2 Å². The minimum atomic E-state index is 0.174. The molecule has 3 nitrogen and oxygen atoms in total. The molecule has 0 aromatic heterocycles. The highest BCUT2D eigenvalue weighted by Gasteiger charge is 2.35. The fourth-order valence-electron chi connectivity index (χ4n) is 3.43. The van der Waals surface area contributed by atoms with E-state index in [0.29, 0.717) is 6.42 Å². The van der Waals surface area contributed by atoms with Crippen molar-refractivity contribution in [3.05, 3.63) is 35.9 Å². The molecule has 0 radical (unpaired) electrons. The highest BCUT2D eigenvalue weighted by Crippen LogP contribution is 2.33. The quantitative estimate of drug-likeness (QED) is 0.873. The van der Waals surface area contributed by atoms with E-state index in [-0.39, 0.29) is 17.5 Å². The molecule has 1 amide bonds. The molecule has 1 unspecified atom stereocenters. The Labute approximate surface area is 128 Å². The van der Waals surface area contributed by atoms with E-state index in [9.17, 15) is 4.79 Å². The number of benzene rings is 1. The highest BCUT2D eigenvalue weighted by atomic mass is 16.2. The van der Waals surface area contributed by atoms with E-state index >= 15 is 0 Å². The summed E-state index contributed by atoms with van der Waals surface area (Å²) < 4.78 is 0. The SMILES string of the molecule is CC(CC(=O)N(C)C)NC1(Cc2ccccc2)CCCC1. The summed E-state index contributed by atoms with van der Waals surface area (Å²) in [5.41, 5.74) is 1.56. The van der Waals surface area contributed by atoms with Gasteiger partial charge in [0.2, 0.25) is 5.91 Å². The summed E-state index contributed by atoms with van der Waals surface area (Å²) in [5.74, 6) is 0.197. The van der Waals surface area contributed by atoms with Crippen LogP contribution in [0.5, 0.6) is 0 Å². The van der Waals surface area contributed by atoms with Crippen LogP contribution < -0.4 is 5.32 Å². The number of rotatable bonds is 6. The Kier molecular flexibility index (Phi) is 5.40. The Morgan fingerprint density at radius 3 is 2.43 bits per heavy atom. The first kappa shape index (κ1) is 16.0. The molecule has 1 aromatic carbocycles. The molecule has 1 aliphatic carbocycles. The zero-order valence-electron chi connectivity index (χ0n) is 13.6. The summed E-state index contributed by atoms with van der Waals surface area (Å²) in [7, 11) is 3.65. The maximum absolute atomic E-state index is 11.9. The fourth-order valence-corrected chi connectivity index (χ4v) is 3.43. The lowest BCUT2D eigenvalue weighted by Gasteiger charge is -2.34. The van der Waals surface area contributed by atoms with Crippen molar-refractivity contribution in [2.24, 2.45) is 0 Å². The van der Waals surface area contributed by atoms with Crippen LogP contribution in [0.2, 0.25) is 0 Å². The summed E-state index contributed by atoms with van der Waals surface area (Å²) in [6.07, 6.45) is 6.63. The van der Waals surface area contributed by atoms with E-state index in [4.69, 9.17) is 0 Å². The number of carbonyl (C=O) groups excluding carboxylic acids is 1. The lowest BCUT2D eigenvalue weighted by Crippen LogP contribution is -2.50. The third-order valence-corrected chi connectivity index (χ3v) is 4.48. The van der Waals surface area contributed by atoms with E-state index < -0.39 is 0 Å². The zero-order valence-corrected chi connectivity index (χ0v) is 13.6. The van der Waals surface area contributed by atoms with Gasteiger partial charge in [0.15, 0.2) is 0 Å². The minimum absolute atomic E-state index is 0.174. The maximum Gasteiger partial charge on any atom is 0.223 e. The number of nitrogens with zero attached hydrogens (tertiary/aromatic N) is 1. The Bertz CT molecular complexity index is 450. The first-order chi connectivity index (χ1) is 10.0. The highest BCUT2D eigenvalue weighted by molar-refractivity contribution is 5.76. The second-order valence-corrected chi connectivity index (χ2v) is 6.69. The first-order valence-corrected chi connectivity index (χ1v) is 8.02. The molecule has 0 saturated heterocycles. The van der Waals surface area contributed by atoms with Gasteiger partial charge in [-0.15, -0.1) is 0 Å². The number of hydrogen-bond acceptors (Lipinski definition) is 2. The molecule has 0 heterocycles. The van der Waals surface area contributed by atoms with Crippen molar-refractivity contribution in [2.45, 2.75) is 57.0 Å². The number of hydrogen-bond donors (Lipinski definition) is 1. The number of carbonyl (C=O) groups is 1. The summed E-state index contributed by atoms with van der Waals surface area (Å²) >= 11 is 0. The van der Waals surface area contributed by atoms with E-state index in [1.54, 1.807) is 4.90 Å². The topological polar surface area (TPSA) is 32.3 Å². The molecule has 1 aromatic rings. The lowest BCUT2D eigenvalue weighted by molar-refractivity contribution is -0.129. The van der Waals surface area contributed by atoms with Gasteiger partial charge in [0.1, 0.15) is 0 Å². The van der Waals surface area contributed by atoms with Gasteiger partial charge in [-0.05, 0) is 31.7 Å². The van der Waals surface area contributed by atoms with Gasteiger partial charge < -0.3 is 10.2 Å². The smallest absolute Gasteiger partial charge is 0.223 e. The van der Waals surface area contributed by atoms with Gasteiger partial charge in [0, 0.05) is 32.1 Å². The average molecular weight is 288 g/mol. The largest absolute Gasteiger partial charge is 0.349 e. The molecule has 2 rings (SSSR count). The third kappa shape index (κ3) is 4.57. The summed E-state index contributed by atoms with van der Waals surface area (Å²) in [5, 5.41) is 3.78. The number of amides is 1. The normalized spacial score (nSPS) is 18.4. The lowest BCUT2D eigenvalue weighted by atomic mass is 9.88. The maximum atomic E-state index is 11.9. The van der Waals surface area contributed by atoms with E-state index in [2.05, 4.69) is 42.6 Å². The predicted octanol–water partition coefficient (Wildman–Crippen LogP) is 3.00. The van der Waals surface area contributed by atoms with Crippen LogP contribution in [0.3, 0.4) is 0 Å². The van der Waals surface area contributed by atoms with Gasteiger partial charge in [-0.25, -0.2) is 0 Å². The van der Waals surface area contributed by atoms with Crippen molar-refractivity contribution in [1.29, 1.82) is 0 Å². The predicted molar refractivity (Wildman–Crippen MR) is 87.3 cm³/mol. The second-order valence-electron chi connectivity index (χ2n) is 6.69. The van der Waals surface area contributed by atoms with E-state index in [1.807, 2.05) is 14.1 Å². The van der Waals surface area contributed by atoms with Crippen molar-refractivity contribution < 1.29 is 4.79 Å². The molecule has 0 aliphatic heterocycles. The Hall–Kier alpha value is -1.35. The fraction of sp³-hybridized carbons (Fsp3) is 0.611. The van der Waals surface area contributed by atoms with Crippen molar-refractivity contribution in [1.82, 2.24) is 10.2 Å². The summed E-state index contributed by atoms with van der Waals surface area (Å²) in [4.78, 5) is 13.6. The van der Waals surface area contributed by atoms with Crippen molar-refractivity contribution in [2.75, 3.05) is 14.1 Å². The molecular weight excluding hydrogens is 260 g/mol. The molecule has 0 spiro atoms. The molecular formula is C18H28N2O. The summed E-state index contributed by atoms with van der Waals surface area (Å²) in [6, 6.07) is 10.9. The van der Waals surface area contributed by atoms with Crippen molar-refractivity contribution in [3.63, 3.8) is 0 Å². The van der Waals surface area contributed by atoms with Crippen molar-refractivity contribution in [3.8, 4) is 0 Å². The van der Waals surface area contributed by atoms with E-state index in [0.717, 1.165) is 6.42 Å². The molecule has 1 atom stereocenters. The molecule has 0 bridgehead atoms. The van der Waals surface area contributed by atoms with Crippen LogP contribution in [0.1, 0.15) is 44.6 Å². The van der Waals surface area contributed by atoms with Gasteiger partial charge >= 0.3 is 0 Å². The summed E-state index contributed by atoms with van der Waals surface area (Å²) in [6.45, 7) is 2.13. The van der Waals surface area contributed by atoms with E-state index in [1.165, 1.54) is 31.2 Å². The monoisotopic (exact) mass is 288 g/mol. The Morgan fingerprint density at radius 2 is 1.86 bits per heavy atom. The molecule has 116 valence electrons. The Morgan fingerprint density at radius 1 is 1.24 bits per heavy atom. The molecule has 1 N–H and O–H groups in total. The van der Waals surface area contributed by atoms with Crippen LogP contribution in [0.15, 0.2) is 30.3 Å².